The molecule has 17 heavy (non-hydrogen) atoms. The summed E-state index contributed by atoms with van der Waals surface area (Å²) in [6.45, 7) is 9.36. The van der Waals surface area contributed by atoms with Crippen molar-refractivity contribution in [2.75, 3.05) is 0 Å². The van der Waals surface area contributed by atoms with E-state index in [4.69, 9.17) is 0 Å². The number of rotatable bonds is 12. The Hall–Kier alpha value is 0. The van der Waals surface area contributed by atoms with Gasteiger partial charge in [-0.15, -0.1) is 0 Å². The Morgan fingerprint density at radius 2 is 0.941 bits per heavy atom. The molecule has 0 nitrogen and oxygen atoms in total. The number of unbranched alkanes of at least 4 members (excludes halogenated alkanes) is 4. The van der Waals surface area contributed by atoms with Gasteiger partial charge in [-0.2, -0.15) is 0 Å². The van der Waals surface area contributed by atoms with Crippen molar-refractivity contribution < 1.29 is 0 Å². The van der Waals surface area contributed by atoms with E-state index in [1.165, 1.54) is 77.0 Å². The van der Waals surface area contributed by atoms with Crippen LogP contribution in [0.2, 0.25) is 0 Å². The maximum atomic E-state index is 2.37. The molecule has 0 rings (SSSR count). The number of hydrogen-bond acceptors (Lipinski definition) is 0. The topological polar surface area (TPSA) is 0 Å². The molecule has 0 unspecified atom stereocenters. The van der Waals surface area contributed by atoms with E-state index >= 15 is 0 Å². The van der Waals surface area contributed by atoms with Gasteiger partial charge in [-0.25, -0.2) is 0 Å². The van der Waals surface area contributed by atoms with Crippen molar-refractivity contribution in [1.29, 1.82) is 0 Å². The van der Waals surface area contributed by atoms with Crippen LogP contribution in [0, 0.1) is 5.41 Å². The molecule has 0 spiro atoms. The molecule has 0 saturated carbocycles. The minimum atomic E-state index is 0.704. The van der Waals surface area contributed by atoms with Gasteiger partial charge in [0.05, 0.1) is 0 Å². The molecule has 0 heterocycles. The third-order valence-corrected chi connectivity index (χ3v) is 4.21. The van der Waals surface area contributed by atoms with Crippen molar-refractivity contribution in [2.24, 2.45) is 5.41 Å². The van der Waals surface area contributed by atoms with E-state index in [0.717, 1.165) is 0 Å². The smallest absolute Gasteiger partial charge is 0.0298 e. The Morgan fingerprint density at radius 1 is 0.471 bits per heavy atom. The molecule has 0 aromatic carbocycles. The zero-order valence-corrected chi connectivity index (χ0v) is 13.0. The summed E-state index contributed by atoms with van der Waals surface area (Å²) in [6.07, 6.45) is 17.2. The number of hydrogen-bond donors (Lipinski definition) is 0. The van der Waals surface area contributed by atoms with Crippen molar-refractivity contribution in [3.05, 3.63) is 0 Å². The Kier molecular flexibility index (Phi) is 11.1. The second-order valence-corrected chi connectivity index (χ2v) is 5.91. The first-order valence-corrected chi connectivity index (χ1v) is 8.24. The molecule has 0 atom stereocenters. The lowest BCUT2D eigenvalue weighted by Crippen LogP contribution is -2.21. The molecule has 0 amide bonds. The SMILES string of the molecule is CCCCCC(CCC)(CCCC)CCCC. The minimum Gasteiger partial charge on any atom is -0.0654 e. The molecule has 0 radical (unpaired) electrons. The highest BCUT2D eigenvalue weighted by Gasteiger charge is 2.27. The Morgan fingerprint density at radius 3 is 1.35 bits per heavy atom. The third kappa shape index (κ3) is 7.84. The van der Waals surface area contributed by atoms with E-state index in [1.807, 2.05) is 0 Å². The van der Waals surface area contributed by atoms with Crippen LogP contribution < -0.4 is 0 Å². The molecule has 0 heteroatoms. The van der Waals surface area contributed by atoms with E-state index in [2.05, 4.69) is 27.7 Å². The summed E-state index contributed by atoms with van der Waals surface area (Å²) in [6, 6.07) is 0. The van der Waals surface area contributed by atoms with E-state index in [1.54, 1.807) is 0 Å². The first-order valence-electron chi connectivity index (χ1n) is 8.24. The third-order valence-electron chi connectivity index (χ3n) is 4.21. The van der Waals surface area contributed by atoms with Gasteiger partial charge in [0.1, 0.15) is 0 Å². The first-order chi connectivity index (χ1) is 8.24. The molecule has 0 aliphatic carbocycles. The summed E-state index contributed by atoms with van der Waals surface area (Å²) < 4.78 is 0. The van der Waals surface area contributed by atoms with Crippen molar-refractivity contribution in [2.45, 2.75) is 105 Å². The summed E-state index contributed by atoms with van der Waals surface area (Å²) in [7, 11) is 0. The van der Waals surface area contributed by atoms with Crippen LogP contribution in [0.15, 0.2) is 0 Å². The molecule has 0 N–H and O–H groups in total. The van der Waals surface area contributed by atoms with Gasteiger partial charge in [-0.3, -0.25) is 0 Å². The summed E-state index contributed by atoms with van der Waals surface area (Å²) in [4.78, 5) is 0. The molecule has 0 aromatic heterocycles. The quantitative estimate of drug-likeness (QED) is 0.332. The fourth-order valence-electron chi connectivity index (χ4n) is 3.13. The van der Waals surface area contributed by atoms with Gasteiger partial charge in [-0.05, 0) is 31.1 Å². The monoisotopic (exact) mass is 240 g/mol. The van der Waals surface area contributed by atoms with Crippen LogP contribution in [0.25, 0.3) is 0 Å². The fourth-order valence-corrected chi connectivity index (χ4v) is 3.13. The van der Waals surface area contributed by atoms with E-state index < -0.39 is 0 Å². The second-order valence-electron chi connectivity index (χ2n) is 5.91. The lowest BCUT2D eigenvalue weighted by Gasteiger charge is -2.34. The van der Waals surface area contributed by atoms with Gasteiger partial charge in [0.15, 0.2) is 0 Å². The summed E-state index contributed by atoms with van der Waals surface area (Å²) >= 11 is 0. The van der Waals surface area contributed by atoms with Crippen LogP contribution in [-0.2, 0) is 0 Å². The average Bonchev–Trinajstić information content (AvgIpc) is 2.34. The maximum absolute atomic E-state index is 2.37. The average molecular weight is 240 g/mol. The van der Waals surface area contributed by atoms with Gasteiger partial charge in [0.2, 0.25) is 0 Å². The van der Waals surface area contributed by atoms with Crippen molar-refractivity contribution in [3.8, 4) is 0 Å². The zero-order chi connectivity index (χ0) is 13.0. The van der Waals surface area contributed by atoms with Gasteiger partial charge >= 0.3 is 0 Å². The van der Waals surface area contributed by atoms with Crippen LogP contribution in [0.5, 0.6) is 0 Å². The molecular weight excluding hydrogens is 204 g/mol. The molecule has 0 aliphatic rings. The molecule has 0 saturated heterocycles. The van der Waals surface area contributed by atoms with Crippen LogP contribution in [0.4, 0.5) is 0 Å². The molecule has 104 valence electrons. The van der Waals surface area contributed by atoms with Gasteiger partial charge in [0, 0.05) is 0 Å². The van der Waals surface area contributed by atoms with Crippen molar-refractivity contribution in [1.82, 2.24) is 0 Å². The highest BCUT2D eigenvalue weighted by molar-refractivity contribution is 4.79. The second kappa shape index (κ2) is 11.1. The van der Waals surface area contributed by atoms with Crippen LogP contribution in [0.1, 0.15) is 105 Å². The van der Waals surface area contributed by atoms with Gasteiger partial charge in [-0.1, -0.05) is 79.1 Å². The summed E-state index contributed by atoms with van der Waals surface area (Å²) in [5.41, 5.74) is 0.704. The molecule has 0 fully saturated rings. The predicted molar refractivity (Wildman–Crippen MR) is 80.5 cm³/mol. The lowest BCUT2D eigenvalue weighted by molar-refractivity contribution is 0.179. The minimum absolute atomic E-state index is 0.704. The molecular formula is C17H36. The van der Waals surface area contributed by atoms with E-state index in [-0.39, 0.29) is 0 Å². The van der Waals surface area contributed by atoms with Gasteiger partial charge in [0.25, 0.3) is 0 Å². The Bertz CT molecular complexity index is 140. The molecule has 0 aliphatic heterocycles. The highest BCUT2D eigenvalue weighted by Crippen LogP contribution is 2.40. The summed E-state index contributed by atoms with van der Waals surface area (Å²) in [5, 5.41) is 0. The predicted octanol–water partition coefficient (Wildman–Crippen LogP) is 6.73. The maximum Gasteiger partial charge on any atom is -0.0298 e. The molecule has 0 aromatic rings. The normalized spacial score (nSPS) is 12.0. The van der Waals surface area contributed by atoms with Crippen molar-refractivity contribution >= 4 is 0 Å². The van der Waals surface area contributed by atoms with Crippen LogP contribution in [0.3, 0.4) is 0 Å². The standard InChI is InChI=1S/C17H36/c1-5-9-12-16-17(13-8-4,14-10-6-2)15-11-7-3/h5-16H2,1-4H3. The van der Waals surface area contributed by atoms with Crippen LogP contribution in [-0.4, -0.2) is 0 Å². The fraction of sp³-hybridized carbons (Fsp3) is 1.00. The largest absolute Gasteiger partial charge is 0.0654 e. The van der Waals surface area contributed by atoms with Crippen LogP contribution >= 0.6 is 0 Å². The lowest BCUT2D eigenvalue weighted by atomic mass is 9.71. The van der Waals surface area contributed by atoms with E-state index in [0.29, 0.717) is 5.41 Å². The first kappa shape index (κ1) is 17.0. The Labute approximate surface area is 111 Å². The van der Waals surface area contributed by atoms with E-state index in [9.17, 15) is 0 Å². The van der Waals surface area contributed by atoms with Crippen molar-refractivity contribution in [3.63, 3.8) is 0 Å². The Balaban J connectivity index is 4.32. The molecule has 0 bridgehead atoms. The highest BCUT2D eigenvalue weighted by atomic mass is 14.3. The zero-order valence-electron chi connectivity index (χ0n) is 13.0. The summed E-state index contributed by atoms with van der Waals surface area (Å²) in [5.74, 6) is 0. The van der Waals surface area contributed by atoms with Gasteiger partial charge < -0.3 is 0 Å².